The van der Waals surface area contributed by atoms with Crippen LogP contribution in [0.25, 0.3) is 0 Å². The highest BCUT2D eigenvalue weighted by molar-refractivity contribution is 6.30. The number of carbonyl (C=O) groups excluding carboxylic acids is 3. The molecular weight excluding hydrogens is 390 g/mol. The van der Waals surface area contributed by atoms with Crippen molar-refractivity contribution in [2.75, 3.05) is 32.7 Å². The molecule has 0 atom stereocenters. The van der Waals surface area contributed by atoms with Crippen LogP contribution in [-0.4, -0.2) is 50.1 Å². The summed E-state index contributed by atoms with van der Waals surface area (Å²) >= 11 is 5.70. The molecule has 0 bridgehead atoms. The molecule has 1 heterocycles. The van der Waals surface area contributed by atoms with Gasteiger partial charge in [-0.3, -0.25) is 14.4 Å². The highest BCUT2D eigenvalue weighted by Gasteiger charge is 2.13. The summed E-state index contributed by atoms with van der Waals surface area (Å²) in [4.78, 5) is 39.5. The number of nitrogens with one attached hydrogen (secondary N) is 2. The summed E-state index contributed by atoms with van der Waals surface area (Å²) in [6.07, 6.45) is 1.37. The van der Waals surface area contributed by atoms with Crippen LogP contribution in [0.5, 0.6) is 11.5 Å². The summed E-state index contributed by atoms with van der Waals surface area (Å²) in [5, 5.41) is 5.26. The SMILES string of the molecule is COc1cc(OC)cc(C(=O)NCC(=O)OCC(=O)Nc2ccc(Cl)cn2)c1. The minimum absolute atomic E-state index is 0.246. The predicted molar refractivity (Wildman–Crippen MR) is 101 cm³/mol. The average Bonchev–Trinajstić information content (AvgIpc) is 2.71. The fourth-order valence-corrected chi connectivity index (χ4v) is 2.13. The van der Waals surface area contributed by atoms with E-state index in [9.17, 15) is 14.4 Å². The number of methoxy groups -OCH3 is 2. The molecule has 0 aliphatic rings. The number of ether oxygens (including phenoxy) is 3. The third-order valence-electron chi connectivity index (χ3n) is 3.37. The van der Waals surface area contributed by atoms with Crippen molar-refractivity contribution in [2.45, 2.75) is 0 Å². The zero-order valence-electron chi connectivity index (χ0n) is 15.2. The Morgan fingerprint density at radius 1 is 1.07 bits per heavy atom. The smallest absolute Gasteiger partial charge is 0.325 e. The maximum Gasteiger partial charge on any atom is 0.325 e. The number of rotatable bonds is 8. The quantitative estimate of drug-likeness (QED) is 0.639. The first-order chi connectivity index (χ1) is 13.4. The standard InChI is InChI=1S/C18H18ClN3O6/c1-26-13-5-11(6-14(7-13)27-2)18(25)21-9-17(24)28-10-16(23)22-15-4-3-12(19)8-20-15/h3-8H,9-10H2,1-2H3,(H,21,25)(H,20,22,23). The number of amides is 2. The van der Waals surface area contributed by atoms with Gasteiger partial charge in [0, 0.05) is 17.8 Å². The van der Waals surface area contributed by atoms with Crippen LogP contribution in [-0.2, 0) is 14.3 Å². The Morgan fingerprint density at radius 2 is 1.75 bits per heavy atom. The summed E-state index contributed by atoms with van der Waals surface area (Å²) < 4.78 is 15.0. The van der Waals surface area contributed by atoms with Crippen LogP contribution in [0, 0.1) is 0 Å². The Kier molecular flexibility index (Phi) is 7.58. The zero-order chi connectivity index (χ0) is 20.5. The molecule has 0 saturated carbocycles. The van der Waals surface area contributed by atoms with E-state index in [-0.39, 0.29) is 11.4 Å². The molecule has 2 aromatic rings. The minimum Gasteiger partial charge on any atom is -0.497 e. The molecule has 0 aliphatic carbocycles. The summed E-state index contributed by atoms with van der Waals surface area (Å²) in [7, 11) is 2.91. The molecule has 0 unspecified atom stereocenters. The zero-order valence-corrected chi connectivity index (χ0v) is 15.9. The lowest BCUT2D eigenvalue weighted by atomic mass is 10.2. The van der Waals surface area contributed by atoms with Crippen molar-refractivity contribution in [2.24, 2.45) is 0 Å². The van der Waals surface area contributed by atoms with E-state index in [1.807, 2.05) is 0 Å². The van der Waals surface area contributed by atoms with Crippen LogP contribution in [0.1, 0.15) is 10.4 Å². The first-order valence-corrected chi connectivity index (χ1v) is 8.37. The maximum absolute atomic E-state index is 12.2. The molecule has 1 aromatic heterocycles. The van der Waals surface area contributed by atoms with Crippen molar-refractivity contribution in [1.29, 1.82) is 0 Å². The number of halogens is 1. The fraction of sp³-hybridized carbons (Fsp3) is 0.222. The van der Waals surface area contributed by atoms with Crippen molar-refractivity contribution < 1.29 is 28.6 Å². The van der Waals surface area contributed by atoms with Crippen LogP contribution < -0.4 is 20.1 Å². The van der Waals surface area contributed by atoms with Gasteiger partial charge in [0.25, 0.3) is 11.8 Å². The van der Waals surface area contributed by atoms with Gasteiger partial charge in [0.2, 0.25) is 0 Å². The van der Waals surface area contributed by atoms with Crippen LogP contribution in [0.15, 0.2) is 36.5 Å². The number of pyridine rings is 1. The van der Waals surface area contributed by atoms with E-state index in [1.165, 1.54) is 38.6 Å². The second-order valence-corrected chi connectivity index (χ2v) is 5.79. The van der Waals surface area contributed by atoms with E-state index in [1.54, 1.807) is 12.1 Å². The Hall–Kier alpha value is -3.33. The average molecular weight is 408 g/mol. The van der Waals surface area contributed by atoms with E-state index < -0.39 is 30.9 Å². The van der Waals surface area contributed by atoms with E-state index in [0.717, 1.165) is 0 Å². The van der Waals surface area contributed by atoms with Gasteiger partial charge in [-0.25, -0.2) is 4.98 Å². The number of aromatic nitrogens is 1. The molecule has 2 amide bonds. The van der Waals surface area contributed by atoms with Gasteiger partial charge in [0.1, 0.15) is 23.9 Å². The van der Waals surface area contributed by atoms with Crippen LogP contribution in [0.3, 0.4) is 0 Å². The maximum atomic E-state index is 12.2. The molecular formula is C18H18ClN3O6. The van der Waals surface area contributed by atoms with Gasteiger partial charge in [-0.2, -0.15) is 0 Å². The van der Waals surface area contributed by atoms with Crippen molar-refractivity contribution in [3.05, 3.63) is 47.1 Å². The molecule has 28 heavy (non-hydrogen) atoms. The summed E-state index contributed by atoms with van der Waals surface area (Å²) in [5.41, 5.74) is 0.246. The topological polar surface area (TPSA) is 116 Å². The van der Waals surface area contributed by atoms with Gasteiger partial charge in [-0.1, -0.05) is 11.6 Å². The molecule has 0 saturated heterocycles. The Labute approximate surface area is 165 Å². The first-order valence-electron chi connectivity index (χ1n) is 7.99. The Balaban J connectivity index is 1.79. The van der Waals surface area contributed by atoms with Gasteiger partial charge in [0.05, 0.1) is 19.2 Å². The molecule has 2 N–H and O–H groups in total. The number of carbonyl (C=O) groups is 3. The van der Waals surface area contributed by atoms with Gasteiger partial charge in [0.15, 0.2) is 6.61 Å². The molecule has 0 radical (unpaired) electrons. The Morgan fingerprint density at radius 3 is 2.32 bits per heavy atom. The second kappa shape index (κ2) is 10.1. The normalized spacial score (nSPS) is 9.96. The summed E-state index contributed by atoms with van der Waals surface area (Å²) in [6.45, 7) is -0.934. The number of hydrogen-bond donors (Lipinski definition) is 2. The van der Waals surface area contributed by atoms with Gasteiger partial charge in [-0.05, 0) is 24.3 Å². The molecule has 0 spiro atoms. The Bertz CT molecular complexity index is 835. The number of hydrogen-bond acceptors (Lipinski definition) is 7. The third kappa shape index (κ3) is 6.44. The fourth-order valence-electron chi connectivity index (χ4n) is 2.02. The lowest BCUT2D eigenvalue weighted by Gasteiger charge is -2.09. The van der Waals surface area contributed by atoms with Crippen molar-refractivity contribution in [3.8, 4) is 11.5 Å². The van der Waals surface area contributed by atoms with E-state index in [4.69, 9.17) is 25.8 Å². The van der Waals surface area contributed by atoms with Crippen molar-refractivity contribution >= 4 is 35.2 Å². The van der Waals surface area contributed by atoms with E-state index >= 15 is 0 Å². The van der Waals surface area contributed by atoms with Crippen LogP contribution >= 0.6 is 11.6 Å². The van der Waals surface area contributed by atoms with Crippen LogP contribution in [0.4, 0.5) is 5.82 Å². The molecule has 0 fully saturated rings. The van der Waals surface area contributed by atoms with Crippen molar-refractivity contribution in [1.82, 2.24) is 10.3 Å². The van der Waals surface area contributed by atoms with Crippen molar-refractivity contribution in [3.63, 3.8) is 0 Å². The molecule has 9 nitrogen and oxygen atoms in total. The van der Waals surface area contributed by atoms with Gasteiger partial charge in [-0.15, -0.1) is 0 Å². The highest BCUT2D eigenvalue weighted by atomic mass is 35.5. The first kappa shape index (κ1) is 21.0. The van der Waals surface area contributed by atoms with E-state index in [0.29, 0.717) is 16.5 Å². The third-order valence-corrected chi connectivity index (χ3v) is 3.59. The highest BCUT2D eigenvalue weighted by Crippen LogP contribution is 2.22. The van der Waals surface area contributed by atoms with Gasteiger partial charge < -0.3 is 24.8 Å². The molecule has 2 rings (SSSR count). The molecule has 1 aromatic carbocycles. The number of esters is 1. The summed E-state index contributed by atoms with van der Waals surface area (Å²) in [6, 6.07) is 7.66. The largest absolute Gasteiger partial charge is 0.497 e. The molecule has 10 heteroatoms. The van der Waals surface area contributed by atoms with Gasteiger partial charge >= 0.3 is 5.97 Å². The van der Waals surface area contributed by atoms with Crippen LogP contribution in [0.2, 0.25) is 5.02 Å². The number of anilines is 1. The molecule has 0 aliphatic heterocycles. The second-order valence-electron chi connectivity index (χ2n) is 5.35. The van der Waals surface area contributed by atoms with E-state index in [2.05, 4.69) is 15.6 Å². The number of benzene rings is 1. The lowest BCUT2D eigenvalue weighted by Crippen LogP contribution is -2.32. The minimum atomic E-state index is -0.776. The number of nitrogens with zero attached hydrogens (tertiary/aromatic N) is 1. The lowest BCUT2D eigenvalue weighted by molar-refractivity contribution is -0.146. The predicted octanol–water partition coefficient (Wildman–Crippen LogP) is 1.66. The summed E-state index contributed by atoms with van der Waals surface area (Å²) in [5.74, 6) is -0.747. The molecule has 148 valence electrons. The monoisotopic (exact) mass is 407 g/mol.